The number of nitrogens with one attached hydrogen (secondary N) is 1. The summed E-state index contributed by atoms with van der Waals surface area (Å²) in [6.45, 7) is 10.1. The molecule has 1 aromatic rings. The van der Waals surface area contributed by atoms with E-state index in [9.17, 15) is 0 Å². The summed E-state index contributed by atoms with van der Waals surface area (Å²) in [6, 6.07) is 4.01. The lowest BCUT2D eigenvalue weighted by atomic mass is 10.1. The molecule has 134 valence electrons. The van der Waals surface area contributed by atoms with E-state index in [1.54, 1.807) is 0 Å². The first-order valence-corrected chi connectivity index (χ1v) is 7.98. The number of halogens is 1. The van der Waals surface area contributed by atoms with Gasteiger partial charge >= 0.3 is 11.9 Å². The molecule has 1 aromatic carbocycles. The van der Waals surface area contributed by atoms with Gasteiger partial charge in [0, 0.05) is 37.7 Å². The van der Waals surface area contributed by atoms with Crippen molar-refractivity contribution in [3.05, 3.63) is 28.3 Å². The van der Waals surface area contributed by atoms with Crippen LogP contribution in [0.25, 0.3) is 0 Å². The SMILES string of the molecule is Cc1cc(OCCN2CCNCC2)cc(C)c1Cl.O=C(O)C(=O)O. The number of hydrogen-bond acceptors (Lipinski definition) is 5. The van der Waals surface area contributed by atoms with E-state index in [2.05, 4.69) is 10.2 Å². The molecule has 0 unspecified atom stereocenters. The Kier molecular flexibility index (Phi) is 8.53. The van der Waals surface area contributed by atoms with Gasteiger partial charge in [0.15, 0.2) is 0 Å². The molecule has 2 rings (SSSR count). The van der Waals surface area contributed by atoms with Gasteiger partial charge in [0.1, 0.15) is 12.4 Å². The molecule has 0 saturated carbocycles. The van der Waals surface area contributed by atoms with Crippen molar-refractivity contribution >= 4 is 23.5 Å². The van der Waals surface area contributed by atoms with Gasteiger partial charge in [-0.05, 0) is 37.1 Å². The molecule has 24 heavy (non-hydrogen) atoms. The van der Waals surface area contributed by atoms with Crippen molar-refractivity contribution < 1.29 is 24.5 Å². The molecule has 1 aliphatic rings. The molecular weight excluding hydrogens is 336 g/mol. The average molecular weight is 359 g/mol. The third-order valence-electron chi connectivity index (χ3n) is 3.48. The third-order valence-corrected chi connectivity index (χ3v) is 4.07. The highest BCUT2D eigenvalue weighted by atomic mass is 35.5. The Morgan fingerprint density at radius 3 is 2.12 bits per heavy atom. The average Bonchev–Trinajstić information content (AvgIpc) is 2.54. The number of ether oxygens (including phenoxy) is 1. The first-order chi connectivity index (χ1) is 11.3. The third kappa shape index (κ3) is 7.16. The lowest BCUT2D eigenvalue weighted by molar-refractivity contribution is -0.159. The summed E-state index contributed by atoms with van der Waals surface area (Å²) < 4.78 is 5.80. The number of piperazine rings is 1. The second-order valence-corrected chi connectivity index (χ2v) is 5.80. The van der Waals surface area contributed by atoms with Crippen molar-refractivity contribution in [1.29, 1.82) is 0 Å². The number of carboxylic acids is 2. The lowest BCUT2D eigenvalue weighted by Gasteiger charge is -2.27. The van der Waals surface area contributed by atoms with Crippen molar-refractivity contribution in [3.63, 3.8) is 0 Å². The van der Waals surface area contributed by atoms with Gasteiger partial charge in [0.2, 0.25) is 0 Å². The molecule has 1 saturated heterocycles. The van der Waals surface area contributed by atoms with Gasteiger partial charge in [-0.15, -0.1) is 0 Å². The molecule has 0 spiro atoms. The number of benzene rings is 1. The van der Waals surface area contributed by atoms with Crippen LogP contribution in [0.2, 0.25) is 5.02 Å². The quantitative estimate of drug-likeness (QED) is 0.699. The number of aryl methyl sites for hydroxylation is 2. The molecule has 1 aliphatic heterocycles. The van der Waals surface area contributed by atoms with Crippen molar-refractivity contribution in [2.45, 2.75) is 13.8 Å². The topological polar surface area (TPSA) is 99.1 Å². The number of aliphatic carboxylic acids is 2. The highest BCUT2D eigenvalue weighted by molar-refractivity contribution is 6.32. The van der Waals surface area contributed by atoms with E-state index in [1.807, 2.05) is 26.0 Å². The highest BCUT2D eigenvalue weighted by Crippen LogP contribution is 2.25. The van der Waals surface area contributed by atoms with Crippen LogP contribution in [-0.4, -0.2) is 66.4 Å². The minimum Gasteiger partial charge on any atom is -0.492 e. The van der Waals surface area contributed by atoms with Crippen LogP contribution in [0.3, 0.4) is 0 Å². The van der Waals surface area contributed by atoms with Crippen LogP contribution < -0.4 is 10.1 Å². The maximum absolute atomic E-state index is 9.10. The number of hydrogen-bond donors (Lipinski definition) is 3. The summed E-state index contributed by atoms with van der Waals surface area (Å²) in [4.78, 5) is 20.6. The van der Waals surface area contributed by atoms with Crippen molar-refractivity contribution in [2.75, 3.05) is 39.3 Å². The van der Waals surface area contributed by atoms with Gasteiger partial charge in [0.05, 0.1) is 0 Å². The summed E-state index contributed by atoms with van der Waals surface area (Å²) >= 11 is 6.13. The molecule has 0 bridgehead atoms. The zero-order valence-corrected chi connectivity index (χ0v) is 14.6. The Bertz CT molecular complexity index is 539. The molecule has 0 atom stereocenters. The first-order valence-electron chi connectivity index (χ1n) is 7.60. The van der Waals surface area contributed by atoms with Gasteiger partial charge in [-0.3, -0.25) is 4.90 Å². The largest absolute Gasteiger partial charge is 0.492 e. The molecule has 1 heterocycles. The summed E-state index contributed by atoms with van der Waals surface area (Å²) in [7, 11) is 0. The van der Waals surface area contributed by atoms with Crippen LogP contribution >= 0.6 is 11.6 Å². The zero-order chi connectivity index (χ0) is 18.1. The second kappa shape index (κ2) is 10.1. The van der Waals surface area contributed by atoms with Crippen LogP contribution in [0.4, 0.5) is 0 Å². The van der Waals surface area contributed by atoms with E-state index < -0.39 is 11.9 Å². The van der Waals surface area contributed by atoms with Crippen LogP contribution in [-0.2, 0) is 9.59 Å². The van der Waals surface area contributed by atoms with E-state index in [0.29, 0.717) is 0 Å². The Morgan fingerprint density at radius 1 is 1.17 bits per heavy atom. The lowest BCUT2D eigenvalue weighted by Crippen LogP contribution is -2.44. The summed E-state index contributed by atoms with van der Waals surface area (Å²) in [5.74, 6) is -2.73. The molecule has 0 aliphatic carbocycles. The van der Waals surface area contributed by atoms with E-state index >= 15 is 0 Å². The number of carboxylic acid groups (broad SMARTS) is 2. The summed E-state index contributed by atoms with van der Waals surface area (Å²) in [5, 5.41) is 19.0. The Labute approximate surface area is 146 Å². The summed E-state index contributed by atoms with van der Waals surface area (Å²) in [5.41, 5.74) is 2.16. The first kappa shape index (κ1) is 20.2. The van der Waals surface area contributed by atoms with Gasteiger partial charge in [-0.2, -0.15) is 0 Å². The standard InChI is InChI=1S/C14H21ClN2O.C2H2O4/c1-11-9-13(10-12(2)14(11)15)18-8-7-17-5-3-16-4-6-17;3-1(4)2(5)6/h9-10,16H,3-8H2,1-2H3;(H,3,4)(H,5,6). The normalized spacial score (nSPS) is 14.5. The minimum atomic E-state index is -1.82. The Balaban J connectivity index is 0.000000413. The number of rotatable bonds is 4. The van der Waals surface area contributed by atoms with Crippen LogP contribution in [0.1, 0.15) is 11.1 Å². The maximum atomic E-state index is 9.10. The predicted octanol–water partition coefficient (Wildman–Crippen LogP) is 1.40. The second-order valence-electron chi connectivity index (χ2n) is 5.42. The van der Waals surface area contributed by atoms with E-state index in [-0.39, 0.29) is 0 Å². The number of carbonyl (C=O) groups is 2. The van der Waals surface area contributed by atoms with E-state index in [1.165, 1.54) is 0 Å². The monoisotopic (exact) mass is 358 g/mol. The van der Waals surface area contributed by atoms with Crippen molar-refractivity contribution in [3.8, 4) is 5.75 Å². The molecule has 0 amide bonds. The summed E-state index contributed by atoms with van der Waals surface area (Å²) in [6.07, 6.45) is 0. The van der Waals surface area contributed by atoms with Gasteiger partial charge in [-0.1, -0.05) is 11.6 Å². The zero-order valence-electron chi connectivity index (χ0n) is 13.8. The van der Waals surface area contributed by atoms with E-state index in [0.717, 1.165) is 61.2 Å². The molecule has 1 fully saturated rings. The molecule has 3 N–H and O–H groups in total. The van der Waals surface area contributed by atoms with Crippen LogP contribution in [0.5, 0.6) is 5.75 Å². The fourth-order valence-electron chi connectivity index (χ4n) is 2.22. The van der Waals surface area contributed by atoms with Crippen LogP contribution in [0.15, 0.2) is 12.1 Å². The molecule has 7 nitrogen and oxygen atoms in total. The Morgan fingerprint density at radius 2 is 1.67 bits per heavy atom. The molecular formula is C16H23ClN2O5. The predicted molar refractivity (Wildman–Crippen MR) is 91.0 cm³/mol. The van der Waals surface area contributed by atoms with Gasteiger partial charge in [-0.25, -0.2) is 9.59 Å². The minimum absolute atomic E-state index is 0.737. The smallest absolute Gasteiger partial charge is 0.414 e. The van der Waals surface area contributed by atoms with Crippen molar-refractivity contribution in [1.82, 2.24) is 10.2 Å². The fourth-order valence-corrected chi connectivity index (χ4v) is 2.33. The molecule has 0 radical (unpaired) electrons. The number of nitrogens with zero attached hydrogens (tertiary/aromatic N) is 1. The maximum Gasteiger partial charge on any atom is 0.414 e. The van der Waals surface area contributed by atoms with E-state index in [4.69, 9.17) is 36.1 Å². The Hall–Kier alpha value is -1.83. The van der Waals surface area contributed by atoms with Gasteiger partial charge in [0.25, 0.3) is 0 Å². The molecule has 0 aromatic heterocycles. The van der Waals surface area contributed by atoms with Gasteiger partial charge < -0.3 is 20.3 Å². The highest BCUT2D eigenvalue weighted by Gasteiger charge is 2.09. The fraction of sp³-hybridized carbons (Fsp3) is 0.500. The van der Waals surface area contributed by atoms with Crippen LogP contribution in [0, 0.1) is 13.8 Å². The molecule has 8 heteroatoms. The van der Waals surface area contributed by atoms with Crippen molar-refractivity contribution in [2.24, 2.45) is 0 Å².